The minimum absolute atomic E-state index is 0.579. The fourth-order valence-electron chi connectivity index (χ4n) is 6.02. The Morgan fingerprint density at radius 2 is 0.891 bits per heavy atom. The number of oxazole rings is 1. The lowest BCUT2D eigenvalue weighted by Gasteiger charge is -2.10. The van der Waals surface area contributed by atoms with Gasteiger partial charge in [0.05, 0.1) is 0 Å². The number of rotatable bonds is 5. The second-order valence-corrected chi connectivity index (χ2v) is 11.1. The van der Waals surface area contributed by atoms with Gasteiger partial charge in [0.2, 0.25) is 5.89 Å². The summed E-state index contributed by atoms with van der Waals surface area (Å²) in [5, 5.41) is 1.93. The fraction of sp³-hybridized carbons (Fsp3) is 0. The zero-order chi connectivity index (χ0) is 30.5. The second-order valence-electron chi connectivity index (χ2n) is 11.1. The van der Waals surface area contributed by atoms with Gasteiger partial charge < -0.3 is 8.83 Å². The molecular weight excluding hydrogens is 568 g/mol. The van der Waals surface area contributed by atoms with Crippen LogP contribution in [0.4, 0.5) is 0 Å². The van der Waals surface area contributed by atoms with E-state index in [1.165, 1.54) is 0 Å². The quantitative estimate of drug-likeness (QED) is 0.198. The average molecular weight is 593 g/mol. The molecule has 0 amide bonds. The summed E-state index contributed by atoms with van der Waals surface area (Å²) in [5.41, 5.74) is 8.75. The Balaban J connectivity index is 1.26. The number of furan rings is 1. The van der Waals surface area contributed by atoms with Crippen LogP contribution in [0.15, 0.2) is 154 Å². The zero-order valence-electron chi connectivity index (χ0n) is 24.5. The van der Waals surface area contributed by atoms with Crippen molar-refractivity contribution in [1.82, 2.24) is 19.9 Å². The summed E-state index contributed by atoms with van der Waals surface area (Å²) in [6, 6.07) is 48.3. The van der Waals surface area contributed by atoms with Crippen LogP contribution in [0.3, 0.4) is 0 Å². The monoisotopic (exact) mass is 592 g/mol. The molecule has 0 saturated carbocycles. The number of fused-ring (bicyclic) bond motifs is 4. The molecular formula is C40H24N4O2. The predicted molar refractivity (Wildman–Crippen MR) is 182 cm³/mol. The first-order chi connectivity index (χ1) is 22.8. The lowest BCUT2D eigenvalue weighted by atomic mass is 9.97. The van der Waals surface area contributed by atoms with E-state index in [1.807, 2.05) is 121 Å². The van der Waals surface area contributed by atoms with Crippen molar-refractivity contribution in [2.24, 2.45) is 0 Å². The van der Waals surface area contributed by atoms with Crippen LogP contribution in [0, 0.1) is 0 Å². The van der Waals surface area contributed by atoms with Gasteiger partial charge >= 0.3 is 0 Å². The molecule has 0 fully saturated rings. The summed E-state index contributed by atoms with van der Waals surface area (Å²) < 4.78 is 12.6. The smallest absolute Gasteiger partial charge is 0.227 e. The highest BCUT2D eigenvalue weighted by Crippen LogP contribution is 2.42. The maximum atomic E-state index is 6.45. The van der Waals surface area contributed by atoms with Gasteiger partial charge in [0.25, 0.3) is 0 Å². The molecule has 6 aromatic carbocycles. The maximum Gasteiger partial charge on any atom is 0.227 e. The van der Waals surface area contributed by atoms with Crippen molar-refractivity contribution in [3.05, 3.63) is 146 Å². The van der Waals surface area contributed by atoms with Gasteiger partial charge in [-0.3, -0.25) is 0 Å². The maximum absolute atomic E-state index is 6.45. The van der Waals surface area contributed by atoms with E-state index >= 15 is 0 Å². The first kappa shape index (κ1) is 26.0. The topological polar surface area (TPSA) is 77.8 Å². The van der Waals surface area contributed by atoms with E-state index in [0.717, 1.165) is 66.4 Å². The standard InChI is InChI=1S/C40H24N4O2/c1-4-12-25(13-5-1)37-42-38(26-14-6-2-7-15-26)44-39(43-37)30-19-11-21-34-36(30)35-29(18-10-20-33(35)45-34)28-22-23-32-31(24-28)41-40(46-32)27-16-8-3-9-17-27/h1-24H. The molecule has 0 aliphatic heterocycles. The molecule has 3 heterocycles. The third-order valence-corrected chi connectivity index (χ3v) is 8.18. The lowest BCUT2D eigenvalue weighted by molar-refractivity contribution is 0.620. The van der Waals surface area contributed by atoms with Crippen LogP contribution in [0.25, 0.3) is 89.8 Å². The van der Waals surface area contributed by atoms with Crippen LogP contribution in [-0.4, -0.2) is 19.9 Å². The van der Waals surface area contributed by atoms with Crippen molar-refractivity contribution in [1.29, 1.82) is 0 Å². The number of aromatic nitrogens is 4. The molecule has 6 nitrogen and oxygen atoms in total. The van der Waals surface area contributed by atoms with Gasteiger partial charge in [-0.2, -0.15) is 0 Å². The molecule has 0 radical (unpaired) electrons. The van der Waals surface area contributed by atoms with Gasteiger partial charge in [0, 0.05) is 33.0 Å². The first-order valence-electron chi connectivity index (χ1n) is 15.1. The van der Waals surface area contributed by atoms with E-state index in [4.69, 9.17) is 28.8 Å². The average Bonchev–Trinajstić information content (AvgIpc) is 3.74. The summed E-state index contributed by atoms with van der Waals surface area (Å²) in [6.07, 6.45) is 0. The molecule has 0 N–H and O–H groups in total. The lowest BCUT2D eigenvalue weighted by Crippen LogP contribution is -2.00. The molecule has 46 heavy (non-hydrogen) atoms. The van der Waals surface area contributed by atoms with Gasteiger partial charge in [-0.1, -0.05) is 109 Å². The molecule has 0 bridgehead atoms. The zero-order valence-corrected chi connectivity index (χ0v) is 24.5. The molecule has 0 aliphatic rings. The largest absolute Gasteiger partial charge is 0.456 e. The molecule has 216 valence electrons. The van der Waals surface area contributed by atoms with E-state index in [0.29, 0.717) is 23.4 Å². The van der Waals surface area contributed by atoms with Crippen LogP contribution in [-0.2, 0) is 0 Å². The summed E-state index contributed by atoms with van der Waals surface area (Å²) in [6.45, 7) is 0. The van der Waals surface area contributed by atoms with Crippen LogP contribution < -0.4 is 0 Å². The molecule has 6 heteroatoms. The van der Waals surface area contributed by atoms with Crippen LogP contribution in [0.5, 0.6) is 0 Å². The Hall–Kier alpha value is -6.40. The van der Waals surface area contributed by atoms with Crippen LogP contribution >= 0.6 is 0 Å². The Kier molecular flexibility index (Phi) is 6.03. The fourth-order valence-corrected chi connectivity index (χ4v) is 6.02. The predicted octanol–water partition coefficient (Wildman–Crippen LogP) is 10.2. The summed E-state index contributed by atoms with van der Waals surface area (Å²) in [4.78, 5) is 19.8. The molecule has 9 aromatic rings. The highest BCUT2D eigenvalue weighted by Gasteiger charge is 2.20. The van der Waals surface area contributed by atoms with Crippen molar-refractivity contribution in [2.45, 2.75) is 0 Å². The van der Waals surface area contributed by atoms with Crippen molar-refractivity contribution in [3.8, 4) is 56.7 Å². The third kappa shape index (κ3) is 4.43. The van der Waals surface area contributed by atoms with E-state index < -0.39 is 0 Å². The molecule has 0 spiro atoms. The minimum Gasteiger partial charge on any atom is -0.456 e. The molecule has 0 aliphatic carbocycles. The highest BCUT2D eigenvalue weighted by atomic mass is 16.3. The van der Waals surface area contributed by atoms with E-state index in [9.17, 15) is 0 Å². The SMILES string of the molecule is c1ccc(-c2nc(-c3ccccc3)nc(-c3cccc4oc5cccc(-c6ccc7oc(-c8ccccc8)nc7c6)c5c34)n2)cc1. The first-order valence-corrected chi connectivity index (χ1v) is 15.1. The number of nitrogens with zero attached hydrogens (tertiary/aromatic N) is 4. The number of hydrogen-bond donors (Lipinski definition) is 0. The van der Waals surface area contributed by atoms with Crippen molar-refractivity contribution in [2.75, 3.05) is 0 Å². The summed E-state index contributed by atoms with van der Waals surface area (Å²) >= 11 is 0. The Morgan fingerprint density at radius 3 is 1.52 bits per heavy atom. The molecule has 0 atom stereocenters. The second kappa shape index (κ2) is 10.6. The van der Waals surface area contributed by atoms with E-state index in [-0.39, 0.29) is 0 Å². The Morgan fingerprint density at radius 1 is 0.348 bits per heavy atom. The number of hydrogen-bond acceptors (Lipinski definition) is 6. The van der Waals surface area contributed by atoms with Crippen molar-refractivity contribution in [3.63, 3.8) is 0 Å². The summed E-state index contributed by atoms with van der Waals surface area (Å²) in [5.74, 6) is 2.40. The van der Waals surface area contributed by atoms with Gasteiger partial charge in [0.1, 0.15) is 16.7 Å². The van der Waals surface area contributed by atoms with Gasteiger partial charge in [-0.25, -0.2) is 19.9 Å². The normalized spacial score (nSPS) is 11.5. The molecule has 9 rings (SSSR count). The van der Waals surface area contributed by atoms with Gasteiger partial charge in [-0.15, -0.1) is 0 Å². The van der Waals surface area contributed by atoms with Crippen LogP contribution in [0.1, 0.15) is 0 Å². The van der Waals surface area contributed by atoms with Crippen molar-refractivity contribution < 1.29 is 8.83 Å². The molecule has 0 saturated heterocycles. The summed E-state index contributed by atoms with van der Waals surface area (Å²) in [7, 11) is 0. The van der Waals surface area contributed by atoms with Crippen molar-refractivity contribution >= 4 is 33.0 Å². The molecule has 0 unspecified atom stereocenters. The molecule has 3 aromatic heterocycles. The minimum atomic E-state index is 0.579. The van der Waals surface area contributed by atoms with Gasteiger partial charge in [-0.05, 0) is 47.5 Å². The third-order valence-electron chi connectivity index (χ3n) is 8.18. The number of benzene rings is 6. The Labute approximate surface area is 263 Å². The highest BCUT2D eigenvalue weighted by molar-refractivity contribution is 6.17. The van der Waals surface area contributed by atoms with Crippen LogP contribution in [0.2, 0.25) is 0 Å². The van der Waals surface area contributed by atoms with Gasteiger partial charge in [0.15, 0.2) is 23.1 Å². The van der Waals surface area contributed by atoms with E-state index in [2.05, 4.69) is 24.3 Å². The Bertz CT molecular complexity index is 2460. The van der Waals surface area contributed by atoms with E-state index in [1.54, 1.807) is 0 Å².